The van der Waals surface area contributed by atoms with Gasteiger partial charge >= 0.3 is 17.6 Å². The van der Waals surface area contributed by atoms with Crippen molar-refractivity contribution in [1.29, 1.82) is 0 Å². The Kier molecular flexibility index (Phi) is 2.06. The number of imidazole rings is 1. The zero-order valence-corrected chi connectivity index (χ0v) is 6.24. The van der Waals surface area contributed by atoms with E-state index in [1.807, 2.05) is 0 Å². The Morgan fingerprint density at radius 2 is 1.57 bits per heavy atom. The van der Waals surface area contributed by atoms with Gasteiger partial charge in [-0.25, -0.2) is 0 Å². The van der Waals surface area contributed by atoms with E-state index in [9.17, 15) is 30.3 Å². The van der Waals surface area contributed by atoms with Gasteiger partial charge in [0.15, 0.2) is 0 Å². The van der Waals surface area contributed by atoms with Gasteiger partial charge in [-0.2, -0.15) is 4.98 Å². The monoisotopic (exact) mass is 203 g/mol. The zero-order chi connectivity index (χ0) is 10.9. The van der Waals surface area contributed by atoms with Crippen molar-refractivity contribution in [1.82, 2.24) is 9.97 Å². The van der Waals surface area contributed by atoms with Crippen molar-refractivity contribution in [3.8, 4) is 0 Å². The van der Waals surface area contributed by atoms with E-state index in [-0.39, 0.29) is 0 Å². The maximum Gasteiger partial charge on any atom is 0.504 e. The zero-order valence-electron chi connectivity index (χ0n) is 6.24. The van der Waals surface area contributed by atoms with Gasteiger partial charge in [0.2, 0.25) is 0 Å². The number of H-pyrrole nitrogens is 1. The summed E-state index contributed by atoms with van der Waals surface area (Å²) in [6, 6.07) is 0. The highest BCUT2D eigenvalue weighted by atomic mass is 16.6. The predicted octanol–water partition coefficient (Wildman–Crippen LogP) is 0.134. The van der Waals surface area contributed by atoms with Crippen molar-refractivity contribution in [2.75, 3.05) is 0 Å². The maximum atomic E-state index is 10.2. The molecule has 0 saturated heterocycles. The molecule has 0 atom stereocenters. The van der Waals surface area contributed by atoms with Crippen LogP contribution in [0.3, 0.4) is 0 Å². The summed E-state index contributed by atoms with van der Waals surface area (Å²) in [6.07, 6.45) is 0. The van der Waals surface area contributed by atoms with Crippen LogP contribution >= 0.6 is 0 Å². The fourth-order valence-electron chi connectivity index (χ4n) is 0.684. The van der Waals surface area contributed by atoms with Gasteiger partial charge in [-0.15, -0.1) is 0 Å². The molecule has 0 bridgehead atoms. The molecule has 0 aliphatic carbocycles. The molecule has 74 valence electrons. The number of nitro groups is 3. The smallest absolute Gasteiger partial charge is 0.389 e. The van der Waals surface area contributed by atoms with Crippen LogP contribution in [0, 0.1) is 30.3 Å². The van der Waals surface area contributed by atoms with Gasteiger partial charge in [-0.05, 0) is 14.8 Å². The highest BCUT2D eigenvalue weighted by Crippen LogP contribution is 2.25. The minimum absolute atomic E-state index is 1.04. The van der Waals surface area contributed by atoms with Crippen LogP contribution < -0.4 is 0 Å². The van der Waals surface area contributed by atoms with Crippen molar-refractivity contribution < 1.29 is 14.8 Å². The van der Waals surface area contributed by atoms with Crippen molar-refractivity contribution in [3.05, 3.63) is 30.3 Å². The first-order valence-electron chi connectivity index (χ1n) is 2.96. The second-order valence-corrected chi connectivity index (χ2v) is 2.00. The Hall–Kier alpha value is -2.59. The van der Waals surface area contributed by atoms with Gasteiger partial charge in [-0.1, -0.05) is 0 Å². The normalized spacial score (nSPS) is 9.71. The van der Waals surface area contributed by atoms with E-state index in [2.05, 4.69) is 4.98 Å². The maximum absolute atomic E-state index is 10.2. The van der Waals surface area contributed by atoms with Crippen LogP contribution in [-0.2, 0) is 0 Å². The summed E-state index contributed by atoms with van der Waals surface area (Å²) in [5.74, 6) is -3.33. The highest BCUT2D eigenvalue weighted by Gasteiger charge is 2.33. The lowest BCUT2D eigenvalue weighted by Crippen LogP contribution is -1.94. The molecule has 11 heteroatoms. The Bertz CT molecular complexity index is 390. The topological polar surface area (TPSA) is 158 Å². The molecule has 0 aromatic carbocycles. The average Bonchev–Trinajstić information content (AvgIpc) is 2.47. The molecule has 0 spiro atoms. The molecule has 1 aromatic heterocycles. The van der Waals surface area contributed by atoms with Crippen LogP contribution in [0.15, 0.2) is 0 Å². The lowest BCUT2D eigenvalue weighted by Gasteiger charge is -1.88. The minimum atomic E-state index is -1.18. The molecule has 0 saturated carbocycles. The number of aromatic nitrogens is 2. The first-order valence-corrected chi connectivity index (χ1v) is 2.96. The van der Waals surface area contributed by atoms with Gasteiger partial charge in [0.05, 0.1) is 4.98 Å². The standard InChI is InChI=1S/C3HN5O6/c9-6(10)1-2(7(11)12)5-3(4-1)8(13)14/h(H,4,5). The molecule has 0 radical (unpaired) electrons. The largest absolute Gasteiger partial charge is 0.504 e. The number of rotatable bonds is 3. The number of nitrogens with one attached hydrogen (secondary N) is 1. The van der Waals surface area contributed by atoms with Crippen molar-refractivity contribution >= 4 is 17.6 Å². The van der Waals surface area contributed by atoms with Gasteiger partial charge in [-0.3, -0.25) is 0 Å². The average molecular weight is 203 g/mol. The number of nitrogens with zero attached hydrogens (tertiary/aromatic N) is 4. The summed E-state index contributed by atoms with van der Waals surface area (Å²) >= 11 is 0. The Balaban J connectivity index is 3.33. The summed E-state index contributed by atoms with van der Waals surface area (Å²) in [5, 5.41) is 30.4. The van der Waals surface area contributed by atoms with E-state index in [1.54, 1.807) is 4.98 Å². The van der Waals surface area contributed by atoms with E-state index >= 15 is 0 Å². The van der Waals surface area contributed by atoms with Crippen LogP contribution in [0.5, 0.6) is 0 Å². The summed E-state index contributed by atoms with van der Waals surface area (Å²) in [6.45, 7) is 0. The molecule has 14 heavy (non-hydrogen) atoms. The van der Waals surface area contributed by atoms with Crippen LogP contribution in [0.2, 0.25) is 0 Å². The molecular formula is C3HN5O6. The quantitative estimate of drug-likeness (QED) is 0.539. The SMILES string of the molecule is O=[N+]([O-])c1nc([N+](=O)[O-])c([N+](=O)[O-])[nH]1. The summed E-state index contributed by atoms with van der Waals surface area (Å²) in [5.41, 5.74) is 0. The van der Waals surface area contributed by atoms with Crippen LogP contribution in [-0.4, -0.2) is 24.7 Å². The molecule has 0 fully saturated rings. The van der Waals surface area contributed by atoms with Gasteiger partial charge < -0.3 is 30.3 Å². The summed E-state index contributed by atoms with van der Waals surface area (Å²) in [7, 11) is 0. The minimum Gasteiger partial charge on any atom is -0.389 e. The Morgan fingerprint density at radius 3 is 1.86 bits per heavy atom. The molecule has 0 aliphatic heterocycles. The first kappa shape index (κ1) is 9.50. The third-order valence-corrected chi connectivity index (χ3v) is 1.18. The van der Waals surface area contributed by atoms with Gasteiger partial charge in [0.25, 0.3) is 0 Å². The van der Waals surface area contributed by atoms with E-state index < -0.39 is 32.4 Å². The fraction of sp³-hybridized carbons (Fsp3) is 0. The van der Waals surface area contributed by atoms with E-state index in [0.717, 1.165) is 0 Å². The van der Waals surface area contributed by atoms with E-state index in [0.29, 0.717) is 0 Å². The number of hydrogen-bond acceptors (Lipinski definition) is 7. The molecule has 0 aliphatic rings. The van der Waals surface area contributed by atoms with Crippen LogP contribution in [0.4, 0.5) is 17.6 Å². The van der Waals surface area contributed by atoms with Gasteiger partial charge in [0.1, 0.15) is 0 Å². The summed E-state index contributed by atoms with van der Waals surface area (Å²) < 4.78 is 0. The highest BCUT2D eigenvalue weighted by molar-refractivity contribution is 5.44. The predicted molar refractivity (Wildman–Crippen MR) is 38.6 cm³/mol. The van der Waals surface area contributed by atoms with E-state index in [1.165, 1.54) is 0 Å². The fourth-order valence-corrected chi connectivity index (χ4v) is 0.684. The Labute approximate surface area is 73.8 Å². The van der Waals surface area contributed by atoms with Crippen molar-refractivity contribution in [2.24, 2.45) is 0 Å². The van der Waals surface area contributed by atoms with Crippen LogP contribution in [0.1, 0.15) is 0 Å². The number of aromatic amines is 1. The molecule has 0 amide bonds. The lowest BCUT2D eigenvalue weighted by molar-refractivity contribution is -0.427. The molecule has 1 aromatic rings. The molecule has 1 heterocycles. The van der Waals surface area contributed by atoms with Gasteiger partial charge in [0, 0.05) is 0 Å². The molecule has 11 nitrogen and oxygen atoms in total. The molecule has 0 unspecified atom stereocenters. The van der Waals surface area contributed by atoms with E-state index in [4.69, 9.17) is 0 Å². The van der Waals surface area contributed by atoms with Crippen molar-refractivity contribution in [3.63, 3.8) is 0 Å². The third kappa shape index (κ3) is 1.45. The number of hydrogen-bond donors (Lipinski definition) is 1. The second kappa shape index (κ2) is 3.04. The lowest BCUT2D eigenvalue weighted by atomic mass is 10.7. The van der Waals surface area contributed by atoms with Crippen LogP contribution in [0.25, 0.3) is 0 Å². The molecule has 1 N–H and O–H groups in total. The molecular weight excluding hydrogens is 202 g/mol. The summed E-state index contributed by atoms with van der Waals surface area (Å²) in [4.78, 5) is 31.4. The third-order valence-electron chi connectivity index (χ3n) is 1.18. The van der Waals surface area contributed by atoms with Crippen molar-refractivity contribution in [2.45, 2.75) is 0 Å². The Morgan fingerprint density at radius 1 is 1.00 bits per heavy atom. The first-order chi connectivity index (χ1) is 6.43. The molecule has 1 rings (SSSR count). The second-order valence-electron chi connectivity index (χ2n) is 2.00.